The first-order chi connectivity index (χ1) is 15.2. The van der Waals surface area contributed by atoms with Gasteiger partial charge >= 0.3 is 0 Å². The molecule has 1 atom stereocenters. The van der Waals surface area contributed by atoms with Crippen LogP contribution in [0.2, 0.25) is 5.02 Å². The van der Waals surface area contributed by atoms with Gasteiger partial charge in [-0.3, -0.25) is 19.7 Å². The molecule has 168 valence electrons. The molecule has 9 heteroatoms. The predicted molar refractivity (Wildman–Crippen MR) is 114 cm³/mol. The molecule has 3 amide bonds. The molecule has 0 radical (unpaired) electrons. The monoisotopic (exact) mass is 461 g/mol. The first-order valence-electron chi connectivity index (χ1n) is 10.3. The van der Waals surface area contributed by atoms with Gasteiger partial charge in [0, 0.05) is 35.7 Å². The molecule has 1 fully saturated rings. The van der Waals surface area contributed by atoms with Crippen LogP contribution in [0, 0.1) is 6.92 Å². The van der Waals surface area contributed by atoms with Crippen molar-refractivity contribution in [3.05, 3.63) is 69.2 Å². The molecule has 2 aromatic rings. The van der Waals surface area contributed by atoms with E-state index < -0.39 is 24.4 Å². The number of imide groups is 1. The lowest BCUT2D eigenvalue weighted by Gasteiger charge is -2.29. The average Bonchev–Trinajstić information content (AvgIpc) is 3.05. The number of fused-ring (bicyclic) bond motifs is 1. The second-order valence-electron chi connectivity index (χ2n) is 8.11. The van der Waals surface area contributed by atoms with Crippen LogP contribution < -0.4 is 10.6 Å². The van der Waals surface area contributed by atoms with E-state index in [4.69, 9.17) is 11.6 Å². The zero-order valence-corrected chi connectivity index (χ0v) is 18.1. The Morgan fingerprint density at radius 1 is 1.22 bits per heavy atom. The summed E-state index contributed by atoms with van der Waals surface area (Å²) in [5.41, 5.74) is 2.21. The standard InChI is InChI=1S/C23H22ClF2N3O3/c1-13-17(3-2-4-18(13)24)23(25,26)12-27-10-14-5-6-16-15(9-14)11-29(22(16)32)19-7-8-20(30)28-21(19)31/h2-6,9,19,27H,7-8,10-12H2,1H3,(H,28,30,31). The summed E-state index contributed by atoms with van der Waals surface area (Å²) >= 11 is 5.97. The molecule has 2 aliphatic rings. The molecule has 32 heavy (non-hydrogen) atoms. The van der Waals surface area contributed by atoms with E-state index in [1.165, 1.54) is 17.0 Å². The van der Waals surface area contributed by atoms with Gasteiger partial charge in [-0.1, -0.05) is 35.9 Å². The summed E-state index contributed by atoms with van der Waals surface area (Å²) in [6, 6.07) is 8.91. The highest BCUT2D eigenvalue weighted by Crippen LogP contribution is 2.33. The molecule has 2 aromatic carbocycles. The number of rotatable bonds is 6. The summed E-state index contributed by atoms with van der Waals surface area (Å²) in [5, 5.41) is 5.35. The number of hydrogen-bond donors (Lipinski definition) is 2. The van der Waals surface area contributed by atoms with Crippen molar-refractivity contribution in [3.8, 4) is 0 Å². The fourth-order valence-electron chi connectivity index (χ4n) is 4.20. The van der Waals surface area contributed by atoms with Crippen LogP contribution in [0.5, 0.6) is 0 Å². The molecule has 0 saturated carbocycles. The van der Waals surface area contributed by atoms with Crippen LogP contribution in [-0.4, -0.2) is 35.2 Å². The van der Waals surface area contributed by atoms with Gasteiger partial charge in [-0.25, -0.2) is 0 Å². The number of hydrogen-bond acceptors (Lipinski definition) is 4. The van der Waals surface area contributed by atoms with Crippen molar-refractivity contribution in [2.24, 2.45) is 0 Å². The van der Waals surface area contributed by atoms with Crippen LogP contribution in [0.3, 0.4) is 0 Å². The van der Waals surface area contributed by atoms with Crippen molar-refractivity contribution < 1.29 is 23.2 Å². The Kier molecular flexibility index (Phi) is 6.01. The maximum atomic E-state index is 14.7. The van der Waals surface area contributed by atoms with Crippen molar-refractivity contribution in [2.45, 2.75) is 44.8 Å². The zero-order chi connectivity index (χ0) is 23.0. The third kappa shape index (κ3) is 4.25. The maximum Gasteiger partial charge on any atom is 0.285 e. The number of carbonyl (C=O) groups excluding carboxylic acids is 3. The summed E-state index contributed by atoms with van der Waals surface area (Å²) < 4.78 is 29.3. The minimum absolute atomic E-state index is 0.114. The van der Waals surface area contributed by atoms with Crippen LogP contribution in [0.15, 0.2) is 36.4 Å². The SMILES string of the molecule is Cc1c(Cl)cccc1C(F)(F)CNCc1ccc2c(c1)CN(C1CCC(=O)NC1=O)C2=O. The Morgan fingerprint density at radius 2 is 2.00 bits per heavy atom. The van der Waals surface area contributed by atoms with Gasteiger partial charge in [0.2, 0.25) is 11.8 Å². The second-order valence-corrected chi connectivity index (χ2v) is 8.52. The quantitative estimate of drug-likeness (QED) is 0.647. The number of nitrogens with one attached hydrogen (secondary N) is 2. The fraction of sp³-hybridized carbons (Fsp3) is 0.348. The summed E-state index contributed by atoms with van der Waals surface area (Å²) in [7, 11) is 0. The Balaban J connectivity index is 1.41. The van der Waals surface area contributed by atoms with E-state index in [0.717, 1.165) is 11.1 Å². The molecule has 0 spiro atoms. The number of benzene rings is 2. The average molecular weight is 462 g/mol. The van der Waals surface area contributed by atoms with E-state index in [1.807, 2.05) is 0 Å². The zero-order valence-electron chi connectivity index (χ0n) is 17.4. The second kappa shape index (κ2) is 8.60. The molecule has 0 aromatic heterocycles. The third-order valence-electron chi connectivity index (χ3n) is 5.93. The lowest BCUT2D eigenvalue weighted by molar-refractivity contribution is -0.136. The lowest BCUT2D eigenvalue weighted by Crippen LogP contribution is -2.52. The Hall–Kier alpha value is -2.84. The first kappa shape index (κ1) is 22.4. The summed E-state index contributed by atoms with van der Waals surface area (Å²) in [6.07, 6.45) is 0.475. The van der Waals surface area contributed by atoms with Crippen LogP contribution >= 0.6 is 11.6 Å². The van der Waals surface area contributed by atoms with Crippen LogP contribution in [0.4, 0.5) is 8.78 Å². The largest absolute Gasteiger partial charge is 0.322 e. The highest BCUT2D eigenvalue weighted by molar-refractivity contribution is 6.31. The van der Waals surface area contributed by atoms with Gasteiger partial charge in [-0.15, -0.1) is 0 Å². The lowest BCUT2D eigenvalue weighted by atomic mass is 10.0. The molecule has 1 saturated heterocycles. The van der Waals surface area contributed by atoms with Crippen molar-refractivity contribution in [2.75, 3.05) is 6.54 Å². The smallest absolute Gasteiger partial charge is 0.285 e. The van der Waals surface area contributed by atoms with Gasteiger partial charge in [0.1, 0.15) is 6.04 Å². The summed E-state index contributed by atoms with van der Waals surface area (Å²) in [4.78, 5) is 37.7. The van der Waals surface area contributed by atoms with Gasteiger partial charge in [0.05, 0.1) is 6.54 Å². The molecular weight excluding hydrogens is 440 g/mol. The van der Waals surface area contributed by atoms with Crippen LogP contribution in [-0.2, 0) is 28.6 Å². The Labute approximate surface area is 188 Å². The minimum atomic E-state index is -3.09. The van der Waals surface area contributed by atoms with E-state index in [9.17, 15) is 23.2 Å². The number of piperidine rings is 1. The minimum Gasteiger partial charge on any atom is -0.322 e. The van der Waals surface area contributed by atoms with Gasteiger partial charge in [0.15, 0.2) is 0 Å². The molecule has 0 bridgehead atoms. The van der Waals surface area contributed by atoms with E-state index >= 15 is 0 Å². The maximum absolute atomic E-state index is 14.7. The van der Waals surface area contributed by atoms with Crippen LogP contribution in [0.1, 0.15) is 45.5 Å². The van der Waals surface area contributed by atoms with Crippen molar-refractivity contribution in [1.29, 1.82) is 0 Å². The number of nitrogens with zero attached hydrogens (tertiary/aromatic N) is 1. The van der Waals surface area contributed by atoms with E-state index in [0.29, 0.717) is 16.1 Å². The third-order valence-corrected chi connectivity index (χ3v) is 6.34. The Bertz CT molecular complexity index is 1110. The number of carbonyl (C=O) groups is 3. The Morgan fingerprint density at radius 3 is 2.75 bits per heavy atom. The summed E-state index contributed by atoms with van der Waals surface area (Å²) in [5.74, 6) is -4.17. The van der Waals surface area contributed by atoms with E-state index in [2.05, 4.69) is 10.6 Å². The van der Waals surface area contributed by atoms with Gasteiger partial charge in [-0.2, -0.15) is 8.78 Å². The molecule has 6 nitrogen and oxygen atoms in total. The van der Waals surface area contributed by atoms with Gasteiger partial charge in [0.25, 0.3) is 11.8 Å². The predicted octanol–water partition coefficient (Wildman–Crippen LogP) is 3.29. The van der Waals surface area contributed by atoms with E-state index in [1.54, 1.807) is 31.2 Å². The molecule has 4 rings (SSSR count). The van der Waals surface area contributed by atoms with Gasteiger partial charge in [-0.05, 0) is 42.2 Å². The molecule has 0 aliphatic carbocycles. The number of halogens is 3. The topological polar surface area (TPSA) is 78.5 Å². The van der Waals surface area contributed by atoms with Crippen molar-refractivity contribution in [3.63, 3.8) is 0 Å². The van der Waals surface area contributed by atoms with Crippen molar-refractivity contribution in [1.82, 2.24) is 15.5 Å². The summed E-state index contributed by atoms with van der Waals surface area (Å²) in [6.45, 7) is 1.44. The van der Waals surface area contributed by atoms with E-state index in [-0.39, 0.29) is 43.3 Å². The normalized spacial score (nSPS) is 18.7. The van der Waals surface area contributed by atoms with Crippen LogP contribution in [0.25, 0.3) is 0 Å². The van der Waals surface area contributed by atoms with Gasteiger partial charge < -0.3 is 10.2 Å². The first-order valence-corrected chi connectivity index (χ1v) is 10.7. The highest BCUT2D eigenvalue weighted by Gasteiger charge is 2.39. The number of alkyl halides is 2. The molecular formula is C23H22ClF2N3O3. The van der Waals surface area contributed by atoms with Crippen molar-refractivity contribution >= 4 is 29.3 Å². The fourth-order valence-corrected chi connectivity index (χ4v) is 4.38. The number of amides is 3. The highest BCUT2D eigenvalue weighted by atomic mass is 35.5. The molecule has 2 heterocycles. The molecule has 2 N–H and O–H groups in total. The molecule has 1 unspecified atom stereocenters. The molecule has 2 aliphatic heterocycles.